The molecule has 84 valence electrons. The van der Waals surface area contributed by atoms with E-state index in [2.05, 4.69) is 21.8 Å². The predicted molar refractivity (Wildman–Crippen MR) is 65.1 cm³/mol. The van der Waals surface area contributed by atoms with Crippen LogP contribution in [0, 0.1) is 6.92 Å². The van der Waals surface area contributed by atoms with E-state index in [1.807, 2.05) is 38.2 Å². The number of aryl methyl sites for hydroxylation is 1. The Hall–Kier alpha value is -1.61. The quantitative estimate of drug-likeness (QED) is 0.853. The van der Waals surface area contributed by atoms with Crippen LogP contribution in [0.1, 0.15) is 29.9 Å². The van der Waals surface area contributed by atoms with Gasteiger partial charge in [-0.1, -0.05) is 6.07 Å². The van der Waals surface area contributed by atoms with E-state index >= 15 is 0 Å². The maximum absolute atomic E-state index is 5.82. The molecule has 0 amide bonds. The van der Waals surface area contributed by atoms with Gasteiger partial charge < -0.3 is 10.3 Å². The van der Waals surface area contributed by atoms with Crippen LogP contribution < -0.4 is 5.73 Å². The number of rotatable bonds is 3. The molecule has 2 N–H and O–H groups in total. The van der Waals surface area contributed by atoms with Crippen LogP contribution in [0.5, 0.6) is 0 Å². The van der Waals surface area contributed by atoms with E-state index in [0.717, 1.165) is 23.5 Å². The SMILES string of the molecule is Cc1cccc(Cn2ccc(C(C)N)c2)n1. The number of hydrogen-bond donors (Lipinski definition) is 1. The minimum absolute atomic E-state index is 0.0896. The maximum atomic E-state index is 5.82. The molecule has 1 atom stereocenters. The normalized spacial score (nSPS) is 12.7. The molecular formula is C13H17N3. The average molecular weight is 215 g/mol. The van der Waals surface area contributed by atoms with Crippen molar-refractivity contribution in [3.8, 4) is 0 Å². The van der Waals surface area contributed by atoms with E-state index in [0.29, 0.717) is 0 Å². The van der Waals surface area contributed by atoms with E-state index in [1.165, 1.54) is 0 Å². The molecule has 0 bridgehead atoms. The Labute approximate surface area is 95.9 Å². The van der Waals surface area contributed by atoms with Crippen LogP contribution in [-0.4, -0.2) is 9.55 Å². The molecule has 0 aliphatic heterocycles. The van der Waals surface area contributed by atoms with Gasteiger partial charge in [0.05, 0.1) is 12.2 Å². The Morgan fingerprint density at radius 2 is 2.19 bits per heavy atom. The summed E-state index contributed by atoms with van der Waals surface area (Å²) in [5.41, 5.74) is 9.10. The summed E-state index contributed by atoms with van der Waals surface area (Å²) in [7, 11) is 0. The highest BCUT2D eigenvalue weighted by Gasteiger charge is 2.02. The summed E-state index contributed by atoms with van der Waals surface area (Å²) >= 11 is 0. The lowest BCUT2D eigenvalue weighted by molar-refractivity contribution is 0.759. The van der Waals surface area contributed by atoms with Crippen LogP contribution in [0.2, 0.25) is 0 Å². The minimum atomic E-state index is 0.0896. The van der Waals surface area contributed by atoms with Gasteiger partial charge in [-0.05, 0) is 37.6 Å². The predicted octanol–water partition coefficient (Wildman–Crippen LogP) is 2.26. The molecule has 3 nitrogen and oxygen atoms in total. The summed E-state index contributed by atoms with van der Waals surface area (Å²) in [5.74, 6) is 0. The van der Waals surface area contributed by atoms with Crippen LogP contribution in [-0.2, 0) is 6.54 Å². The summed E-state index contributed by atoms with van der Waals surface area (Å²) in [6.07, 6.45) is 4.12. The van der Waals surface area contributed by atoms with Gasteiger partial charge in [-0.2, -0.15) is 0 Å². The van der Waals surface area contributed by atoms with Gasteiger partial charge >= 0.3 is 0 Å². The highest BCUT2D eigenvalue weighted by atomic mass is 15.0. The number of hydrogen-bond acceptors (Lipinski definition) is 2. The first-order valence-electron chi connectivity index (χ1n) is 5.49. The van der Waals surface area contributed by atoms with E-state index < -0.39 is 0 Å². The van der Waals surface area contributed by atoms with Gasteiger partial charge in [0.15, 0.2) is 0 Å². The molecule has 16 heavy (non-hydrogen) atoms. The highest BCUT2D eigenvalue weighted by molar-refractivity contribution is 5.16. The minimum Gasteiger partial charge on any atom is -0.348 e. The third-order valence-electron chi connectivity index (χ3n) is 2.59. The lowest BCUT2D eigenvalue weighted by Crippen LogP contribution is -2.04. The molecule has 1 unspecified atom stereocenters. The topological polar surface area (TPSA) is 43.8 Å². The Balaban J connectivity index is 2.14. The first-order valence-corrected chi connectivity index (χ1v) is 5.49. The Morgan fingerprint density at radius 1 is 1.38 bits per heavy atom. The summed E-state index contributed by atoms with van der Waals surface area (Å²) in [4.78, 5) is 4.47. The van der Waals surface area contributed by atoms with E-state index in [-0.39, 0.29) is 6.04 Å². The lowest BCUT2D eigenvalue weighted by atomic mass is 10.2. The Bertz CT molecular complexity index is 472. The van der Waals surface area contributed by atoms with Gasteiger partial charge in [-0.25, -0.2) is 0 Å². The number of aromatic nitrogens is 2. The lowest BCUT2D eigenvalue weighted by Gasteiger charge is -2.04. The molecule has 2 rings (SSSR count). The molecule has 0 saturated heterocycles. The second-order valence-corrected chi connectivity index (χ2v) is 4.18. The van der Waals surface area contributed by atoms with Crippen LogP contribution in [0.25, 0.3) is 0 Å². The van der Waals surface area contributed by atoms with Crippen LogP contribution in [0.4, 0.5) is 0 Å². The monoisotopic (exact) mass is 215 g/mol. The van der Waals surface area contributed by atoms with E-state index in [4.69, 9.17) is 5.73 Å². The van der Waals surface area contributed by atoms with Crippen molar-refractivity contribution in [3.63, 3.8) is 0 Å². The first kappa shape index (κ1) is 10.9. The zero-order chi connectivity index (χ0) is 11.5. The standard InChI is InChI=1S/C13H17N3/c1-10-4-3-5-13(15-10)9-16-7-6-12(8-16)11(2)14/h3-8,11H,9,14H2,1-2H3. The van der Waals surface area contributed by atoms with Gasteiger partial charge in [-0.3, -0.25) is 4.98 Å². The smallest absolute Gasteiger partial charge is 0.0642 e. The first-order chi connectivity index (χ1) is 7.65. The second-order valence-electron chi connectivity index (χ2n) is 4.18. The summed E-state index contributed by atoms with van der Waals surface area (Å²) in [5, 5.41) is 0. The zero-order valence-corrected chi connectivity index (χ0v) is 9.72. The fourth-order valence-electron chi connectivity index (χ4n) is 1.70. The van der Waals surface area contributed by atoms with Gasteiger partial charge in [0.25, 0.3) is 0 Å². The molecule has 0 fully saturated rings. The van der Waals surface area contributed by atoms with Crippen LogP contribution in [0.3, 0.4) is 0 Å². The van der Waals surface area contributed by atoms with Crippen molar-refractivity contribution >= 4 is 0 Å². The zero-order valence-electron chi connectivity index (χ0n) is 9.72. The Kier molecular flexibility index (Phi) is 3.06. The van der Waals surface area contributed by atoms with Crippen molar-refractivity contribution in [1.82, 2.24) is 9.55 Å². The maximum Gasteiger partial charge on any atom is 0.0642 e. The number of nitrogens with zero attached hydrogens (tertiary/aromatic N) is 2. The van der Waals surface area contributed by atoms with Crippen molar-refractivity contribution in [2.24, 2.45) is 5.73 Å². The second kappa shape index (κ2) is 4.49. The van der Waals surface area contributed by atoms with Crippen molar-refractivity contribution in [2.45, 2.75) is 26.4 Å². The Morgan fingerprint density at radius 3 is 2.81 bits per heavy atom. The molecule has 0 spiro atoms. The van der Waals surface area contributed by atoms with Gasteiger partial charge in [0.2, 0.25) is 0 Å². The molecule has 0 radical (unpaired) electrons. The number of pyridine rings is 1. The molecule has 2 aromatic rings. The van der Waals surface area contributed by atoms with Crippen molar-refractivity contribution in [1.29, 1.82) is 0 Å². The highest BCUT2D eigenvalue weighted by Crippen LogP contribution is 2.11. The van der Waals surface area contributed by atoms with Gasteiger partial charge in [0.1, 0.15) is 0 Å². The fraction of sp³-hybridized carbons (Fsp3) is 0.308. The molecule has 2 heterocycles. The summed E-state index contributed by atoms with van der Waals surface area (Å²) in [6.45, 7) is 4.80. The van der Waals surface area contributed by atoms with Gasteiger partial charge in [0, 0.05) is 24.1 Å². The van der Waals surface area contributed by atoms with Crippen LogP contribution >= 0.6 is 0 Å². The number of nitrogens with two attached hydrogens (primary N) is 1. The molecule has 3 heteroatoms. The van der Waals surface area contributed by atoms with Gasteiger partial charge in [-0.15, -0.1) is 0 Å². The molecule has 0 saturated carbocycles. The molecular weight excluding hydrogens is 198 g/mol. The van der Waals surface area contributed by atoms with E-state index in [1.54, 1.807) is 0 Å². The fourth-order valence-corrected chi connectivity index (χ4v) is 1.70. The van der Waals surface area contributed by atoms with E-state index in [9.17, 15) is 0 Å². The third kappa shape index (κ3) is 2.49. The summed E-state index contributed by atoms with van der Waals surface area (Å²) < 4.78 is 2.11. The molecule has 2 aromatic heterocycles. The van der Waals surface area contributed by atoms with Crippen molar-refractivity contribution in [2.75, 3.05) is 0 Å². The molecule has 0 aliphatic rings. The average Bonchev–Trinajstić information content (AvgIpc) is 2.66. The third-order valence-corrected chi connectivity index (χ3v) is 2.59. The van der Waals surface area contributed by atoms with Crippen molar-refractivity contribution < 1.29 is 0 Å². The van der Waals surface area contributed by atoms with Crippen molar-refractivity contribution in [3.05, 3.63) is 53.6 Å². The molecule has 0 aromatic carbocycles. The summed E-state index contributed by atoms with van der Waals surface area (Å²) in [6, 6.07) is 8.23. The van der Waals surface area contributed by atoms with Crippen LogP contribution in [0.15, 0.2) is 36.7 Å². The molecule has 0 aliphatic carbocycles. The largest absolute Gasteiger partial charge is 0.348 e.